The smallest absolute Gasteiger partial charge is 0.119 e. The summed E-state index contributed by atoms with van der Waals surface area (Å²) in [6.07, 6.45) is 2.86. The van der Waals surface area contributed by atoms with E-state index in [0.29, 0.717) is 13.2 Å². The third-order valence-electron chi connectivity index (χ3n) is 3.43. The van der Waals surface area contributed by atoms with Gasteiger partial charge in [-0.3, -0.25) is 0 Å². The van der Waals surface area contributed by atoms with Crippen LogP contribution in [-0.2, 0) is 0 Å². The van der Waals surface area contributed by atoms with E-state index in [1.54, 1.807) is 0 Å². The molecule has 0 bridgehead atoms. The molecule has 4 heteroatoms. The number of hydrogen-bond donors (Lipinski definition) is 2. The molecule has 0 heterocycles. The zero-order valence-electron chi connectivity index (χ0n) is 13.5. The van der Waals surface area contributed by atoms with Crippen molar-refractivity contribution in [2.75, 3.05) is 26.4 Å². The average molecular weight is 295 g/mol. The van der Waals surface area contributed by atoms with E-state index in [9.17, 15) is 5.11 Å². The van der Waals surface area contributed by atoms with Gasteiger partial charge in [0.25, 0.3) is 0 Å². The number of aliphatic hydroxyl groups is 1. The molecule has 0 aliphatic rings. The zero-order valence-corrected chi connectivity index (χ0v) is 13.5. The zero-order chi connectivity index (χ0) is 15.6. The fraction of sp³-hybridized carbons (Fsp3) is 0.647. The van der Waals surface area contributed by atoms with Crippen molar-refractivity contribution in [3.63, 3.8) is 0 Å². The predicted octanol–water partition coefficient (Wildman–Crippen LogP) is 2.99. The van der Waals surface area contributed by atoms with E-state index < -0.39 is 0 Å². The molecule has 0 fully saturated rings. The lowest BCUT2D eigenvalue weighted by Gasteiger charge is -2.28. The maximum Gasteiger partial charge on any atom is 0.119 e. The van der Waals surface area contributed by atoms with E-state index in [1.807, 2.05) is 31.2 Å². The largest absolute Gasteiger partial charge is 0.494 e. The van der Waals surface area contributed by atoms with Crippen LogP contribution in [0.5, 0.6) is 11.5 Å². The van der Waals surface area contributed by atoms with Crippen molar-refractivity contribution in [3.8, 4) is 11.5 Å². The van der Waals surface area contributed by atoms with Crippen LogP contribution in [0, 0.1) is 0 Å². The standard InChI is InChI=1S/C17H29NO3/c1-4-12-18-17(3,14-19)11-6-13-21-16-9-7-15(8-10-16)20-5-2/h7-10,18-19H,4-6,11-14H2,1-3H3. The second-order valence-electron chi connectivity index (χ2n) is 5.50. The lowest BCUT2D eigenvalue weighted by molar-refractivity contribution is 0.156. The van der Waals surface area contributed by atoms with Gasteiger partial charge >= 0.3 is 0 Å². The molecule has 0 spiro atoms. The Balaban J connectivity index is 2.29. The topological polar surface area (TPSA) is 50.7 Å². The summed E-state index contributed by atoms with van der Waals surface area (Å²) in [7, 11) is 0. The van der Waals surface area contributed by atoms with Crippen molar-refractivity contribution < 1.29 is 14.6 Å². The van der Waals surface area contributed by atoms with Gasteiger partial charge in [-0.1, -0.05) is 6.92 Å². The van der Waals surface area contributed by atoms with Gasteiger partial charge in [0, 0.05) is 5.54 Å². The van der Waals surface area contributed by atoms with Crippen molar-refractivity contribution in [3.05, 3.63) is 24.3 Å². The summed E-state index contributed by atoms with van der Waals surface area (Å²) < 4.78 is 11.1. The van der Waals surface area contributed by atoms with Crippen molar-refractivity contribution in [1.29, 1.82) is 0 Å². The number of benzene rings is 1. The van der Waals surface area contributed by atoms with Crippen LogP contribution >= 0.6 is 0 Å². The Hall–Kier alpha value is -1.26. The number of rotatable bonds is 11. The van der Waals surface area contributed by atoms with E-state index in [4.69, 9.17) is 9.47 Å². The van der Waals surface area contributed by atoms with Gasteiger partial charge in [-0.05, 0) is 63.9 Å². The number of ether oxygens (including phenoxy) is 2. The Kier molecular flexibility index (Phi) is 8.16. The van der Waals surface area contributed by atoms with Crippen LogP contribution in [0.2, 0.25) is 0 Å². The van der Waals surface area contributed by atoms with Gasteiger partial charge in [0.15, 0.2) is 0 Å². The van der Waals surface area contributed by atoms with Gasteiger partial charge in [-0.2, -0.15) is 0 Å². The molecule has 0 saturated carbocycles. The van der Waals surface area contributed by atoms with Crippen LogP contribution < -0.4 is 14.8 Å². The van der Waals surface area contributed by atoms with Gasteiger partial charge in [0.2, 0.25) is 0 Å². The first-order chi connectivity index (χ1) is 10.1. The first kappa shape index (κ1) is 17.8. The SMILES string of the molecule is CCCNC(C)(CO)CCCOc1ccc(OCC)cc1. The minimum Gasteiger partial charge on any atom is -0.494 e. The molecule has 1 aromatic carbocycles. The molecule has 0 aliphatic carbocycles. The van der Waals surface area contributed by atoms with Crippen LogP contribution in [-0.4, -0.2) is 37.0 Å². The first-order valence-electron chi connectivity index (χ1n) is 7.85. The second kappa shape index (κ2) is 9.64. The fourth-order valence-corrected chi connectivity index (χ4v) is 2.10. The summed E-state index contributed by atoms with van der Waals surface area (Å²) in [5.74, 6) is 1.71. The maximum atomic E-state index is 9.49. The van der Waals surface area contributed by atoms with Gasteiger partial charge < -0.3 is 19.9 Å². The number of nitrogens with one attached hydrogen (secondary N) is 1. The Bertz CT molecular complexity index is 380. The van der Waals surface area contributed by atoms with Crippen molar-refractivity contribution in [1.82, 2.24) is 5.32 Å². The average Bonchev–Trinajstić information content (AvgIpc) is 2.51. The maximum absolute atomic E-state index is 9.49. The Morgan fingerprint density at radius 3 is 2.24 bits per heavy atom. The first-order valence-corrected chi connectivity index (χ1v) is 7.85. The molecule has 1 unspecified atom stereocenters. The Morgan fingerprint density at radius 2 is 1.71 bits per heavy atom. The lowest BCUT2D eigenvalue weighted by atomic mass is 9.97. The van der Waals surface area contributed by atoms with Crippen molar-refractivity contribution in [2.24, 2.45) is 0 Å². The molecular weight excluding hydrogens is 266 g/mol. The Labute approximate surface area is 128 Å². The molecule has 120 valence electrons. The molecule has 1 atom stereocenters. The lowest BCUT2D eigenvalue weighted by Crippen LogP contribution is -2.46. The van der Waals surface area contributed by atoms with Crippen LogP contribution in [0.4, 0.5) is 0 Å². The Morgan fingerprint density at radius 1 is 1.10 bits per heavy atom. The van der Waals surface area contributed by atoms with Gasteiger partial charge in [0.05, 0.1) is 19.8 Å². The highest BCUT2D eigenvalue weighted by atomic mass is 16.5. The highest BCUT2D eigenvalue weighted by molar-refractivity contribution is 5.31. The summed E-state index contributed by atoms with van der Waals surface area (Å²) in [5.41, 5.74) is -0.210. The van der Waals surface area contributed by atoms with Crippen molar-refractivity contribution in [2.45, 2.75) is 45.6 Å². The molecule has 0 saturated heterocycles. The molecule has 4 nitrogen and oxygen atoms in total. The second-order valence-corrected chi connectivity index (χ2v) is 5.50. The van der Waals surface area contributed by atoms with Crippen LogP contribution in [0.3, 0.4) is 0 Å². The fourth-order valence-electron chi connectivity index (χ4n) is 2.10. The molecule has 21 heavy (non-hydrogen) atoms. The summed E-state index contributed by atoms with van der Waals surface area (Å²) in [6, 6.07) is 7.68. The summed E-state index contributed by atoms with van der Waals surface area (Å²) in [5, 5.41) is 12.9. The van der Waals surface area contributed by atoms with Crippen molar-refractivity contribution >= 4 is 0 Å². The minimum absolute atomic E-state index is 0.149. The molecule has 0 amide bonds. The summed E-state index contributed by atoms with van der Waals surface area (Å²) in [4.78, 5) is 0. The summed E-state index contributed by atoms with van der Waals surface area (Å²) >= 11 is 0. The quantitative estimate of drug-likeness (QED) is 0.616. The monoisotopic (exact) mass is 295 g/mol. The highest BCUT2D eigenvalue weighted by Crippen LogP contribution is 2.18. The molecule has 1 rings (SSSR count). The van der Waals surface area contributed by atoms with Crippen LogP contribution in [0.25, 0.3) is 0 Å². The van der Waals surface area contributed by atoms with E-state index in [2.05, 4.69) is 19.2 Å². The normalized spacial score (nSPS) is 13.7. The molecular formula is C17H29NO3. The molecule has 0 radical (unpaired) electrons. The summed E-state index contributed by atoms with van der Waals surface area (Å²) in [6.45, 7) is 8.55. The van der Waals surface area contributed by atoms with Crippen LogP contribution in [0.1, 0.15) is 40.0 Å². The van der Waals surface area contributed by atoms with E-state index in [0.717, 1.165) is 37.3 Å². The van der Waals surface area contributed by atoms with E-state index in [1.165, 1.54) is 0 Å². The molecule has 0 aliphatic heterocycles. The third kappa shape index (κ3) is 6.82. The molecule has 0 aromatic heterocycles. The highest BCUT2D eigenvalue weighted by Gasteiger charge is 2.21. The molecule has 2 N–H and O–H groups in total. The van der Waals surface area contributed by atoms with Gasteiger partial charge in [-0.25, -0.2) is 0 Å². The van der Waals surface area contributed by atoms with E-state index >= 15 is 0 Å². The number of hydrogen-bond acceptors (Lipinski definition) is 4. The molecule has 1 aromatic rings. The number of aliphatic hydroxyl groups excluding tert-OH is 1. The van der Waals surface area contributed by atoms with E-state index in [-0.39, 0.29) is 12.1 Å². The third-order valence-corrected chi connectivity index (χ3v) is 3.43. The predicted molar refractivity (Wildman–Crippen MR) is 86.1 cm³/mol. The van der Waals surface area contributed by atoms with Crippen LogP contribution in [0.15, 0.2) is 24.3 Å². The van der Waals surface area contributed by atoms with Gasteiger partial charge in [0.1, 0.15) is 11.5 Å². The minimum atomic E-state index is -0.210. The van der Waals surface area contributed by atoms with Gasteiger partial charge in [-0.15, -0.1) is 0 Å².